The molecule has 2 aromatic rings. The van der Waals surface area contributed by atoms with Crippen molar-refractivity contribution in [3.05, 3.63) is 70.8 Å². The summed E-state index contributed by atoms with van der Waals surface area (Å²) in [5.41, 5.74) is -4.03. The lowest BCUT2D eigenvalue weighted by molar-refractivity contribution is -0.158. The van der Waals surface area contributed by atoms with Gasteiger partial charge >= 0.3 is 24.3 Å². The number of hydrogen-bond donors (Lipinski definition) is 1. The molecule has 1 aliphatic rings. The van der Waals surface area contributed by atoms with Gasteiger partial charge in [-0.05, 0) is 63.8 Å². The van der Waals surface area contributed by atoms with E-state index >= 15 is 0 Å². The fraction of sp³-hybridized carbons (Fsp3) is 0.483. The first kappa shape index (κ1) is 35.9. The zero-order valence-corrected chi connectivity index (χ0v) is 24.5. The Bertz CT molecular complexity index is 1250. The number of carbonyl (C=O) groups excluding carboxylic acids is 2. The smallest absolute Gasteiger partial charge is 0.416 e. The molecule has 3 rings (SSSR count). The number of esters is 1. The van der Waals surface area contributed by atoms with Crippen molar-refractivity contribution in [2.45, 2.75) is 70.1 Å². The van der Waals surface area contributed by atoms with Crippen molar-refractivity contribution in [2.24, 2.45) is 0 Å². The van der Waals surface area contributed by atoms with Crippen LogP contribution in [0.25, 0.3) is 0 Å². The van der Waals surface area contributed by atoms with Gasteiger partial charge in [-0.15, -0.1) is 12.4 Å². The number of halogens is 7. The van der Waals surface area contributed by atoms with Crippen LogP contribution in [-0.4, -0.2) is 70.1 Å². The molecule has 1 fully saturated rings. The molecule has 1 N–H and O–H groups in total. The van der Waals surface area contributed by atoms with Crippen molar-refractivity contribution in [3.8, 4) is 0 Å². The molecule has 0 aromatic heterocycles. The van der Waals surface area contributed by atoms with E-state index in [4.69, 9.17) is 4.74 Å². The van der Waals surface area contributed by atoms with Gasteiger partial charge in [0.05, 0.1) is 24.2 Å². The Kier molecular flexibility index (Phi) is 11.7. The van der Waals surface area contributed by atoms with Gasteiger partial charge in [-0.3, -0.25) is 19.3 Å². The van der Waals surface area contributed by atoms with Gasteiger partial charge in [-0.1, -0.05) is 30.3 Å². The summed E-state index contributed by atoms with van der Waals surface area (Å²) in [6.45, 7) is 4.00. The molecule has 1 aliphatic heterocycles. The topological polar surface area (TPSA) is 87.2 Å². The fourth-order valence-corrected chi connectivity index (χ4v) is 4.98. The Labute approximate surface area is 251 Å². The Morgan fingerprint density at radius 1 is 0.930 bits per heavy atom. The predicted octanol–water partition coefficient (Wildman–Crippen LogP) is 6.09. The first-order chi connectivity index (χ1) is 19.3. The standard InChI is InChI=1S/C29H32F6N2O5.ClH/c1-27(2,3)42-25(40)17-36(16-24(38)39)22-9-10-37(23(15-22)11-18-7-5-4-6-8-18)26(41)19-12-20(28(30,31)32)14-21(13-19)29(33,34)35;/h4-8,12-14,22-23H,9-11,15-17H2,1-3H3,(H,38,39);1H/t22-,23+;/m0./s1. The van der Waals surface area contributed by atoms with Crippen molar-refractivity contribution in [2.75, 3.05) is 19.6 Å². The van der Waals surface area contributed by atoms with Gasteiger partial charge in [0.15, 0.2) is 0 Å². The summed E-state index contributed by atoms with van der Waals surface area (Å²) in [6.07, 6.45) is -9.81. The molecular formula is C29H33ClF6N2O5. The molecule has 2 aromatic carbocycles. The Morgan fingerprint density at radius 2 is 1.49 bits per heavy atom. The molecule has 0 unspecified atom stereocenters. The van der Waals surface area contributed by atoms with Gasteiger partial charge in [0.25, 0.3) is 5.91 Å². The average molecular weight is 639 g/mol. The number of carbonyl (C=O) groups is 3. The van der Waals surface area contributed by atoms with E-state index in [1.54, 1.807) is 51.1 Å². The van der Waals surface area contributed by atoms with Gasteiger partial charge in [-0.25, -0.2) is 0 Å². The highest BCUT2D eigenvalue weighted by molar-refractivity contribution is 5.95. The van der Waals surface area contributed by atoms with Crippen molar-refractivity contribution in [1.29, 1.82) is 0 Å². The van der Waals surface area contributed by atoms with Crippen LogP contribution in [0.3, 0.4) is 0 Å². The molecule has 0 aliphatic carbocycles. The van der Waals surface area contributed by atoms with E-state index < -0.39 is 71.1 Å². The number of nitrogens with zero attached hydrogens (tertiary/aromatic N) is 2. The normalized spacial score (nSPS) is 17.8. The van der Waals surface area contributed by atoms with E-state index in [0.717, 1.165) is 5.56 Å². The minimum atomic E-state index is -5.12. The third-order valence-corrected chi connectivity index (χ3v) is 6.70. The number of alkyl halides is 6. The van der Waals surface area contributed by atoms with Crippen LogP contribution in [0.5, 0.6) is 0 Å². The van der Waals surface area contributed by atoms with E-state index in [1.807, 2.05) is 0 Å². The molecule has 1 amide bonds. The lowest BCUT2D eigenvalue weighted by atomic mass is 9.90. The van der Waals surface area contributed by atoms with Crippen LogP contribution in [0.15, 0.2) is 48.5 Å². The number of carboxylic acids is 1. The molecule has 0 bridgehead atoms. The van der Waals surface area contributed by atoms with E-state index in [0.29, 0.717) is 12.1 Å². The number of carboxylic acid groups (broad SMARTS) is 1. The minimum Gasteiger partial charge on any atom is -0.480 e. The summed E-state index contributed by atoms with van der Waals surface area (Å²) in [6, 6.07) is 8.26. The zero-order chi connectivity index (χ0) is 31.5. The van der Waals surface area contributed by atoms with Gasteiger partial charge in [0, 0.05) is 24.2 Å². The van der Waals surface area contributed by atoms with Crippen LogP contribution in [0.2, 0.25) is 0 Å². The molecule has 0 spiro atoms. The Morgan fingerprint density at radius 3 is 1.98 bits per heavy atom. The molecule has 14 heteroatoms. The van der Waals surface area contributed by atoms with Gasteiger partial charge in [-0.2, -0.15) is 26.3 Å². The molecule has 238 valence electrons. The maximum atomic E-state index is 13.6. The third kappa shape index (κ3) is 10.4. The summed E-state index contributed by atoms with van der Waals surface area (Å²) < 4.78 is 86.2. The summed E-state index contributed by atoms with van der Waals surface area (Å²) >= 11 is 0. The maximum Gasteiger partial charge on any atom is 0.416 e. The second-order valence-electron chi connectivity index (χ2n) is 11.2. The highest BCUT2D eigenvalue weighted by Gasteiger charge is 2.40. The number of amides is 1. The SMILES string of the molecule is CC(C)(C)OC(=O)CN(CC(=O)O)[C@H]1CCN(C(=O)c2cc(C(F)(F)F)cc(C(F)(F)F)c2)[C@H](Cc2ccccc2)C1.Cl. The quantitative estimate of drug-likeness (QED) is 0.278. The number of rotatable bonds is 8. The van der Waals surface area contributed by atoms with Crippen molar-refractivity contribution in [1.82, 2.24) is 9.80 Å². The number of piperidine rings is 1. The lowest BCUT2D eigenvalue weighted by Crippen LogP contribution is -2.54. The Hall–Kier alpha value is -3.32. The number of hydrogen-bond acceptors (Lipinski definition) is 5. The number of aliphatic carboxylic acids is 1. The monoisotopic (exact) mass is 638 g/mol. The molecule has 0 saturated carbocycles. The number of ether oxygens (including phenoxy) is 1. The maximum absolute atomic E-state index is 13.6. The van der Waals surface area contributed by atoms with E-state index in [1.165, 1.54) is 9.80 Å². The van der Waals surface area contributed by atoms with Crippen molar-refractivity contribution >= 4 is 30.3 Å². The highest BCUT2D eigenvalue weighted by Crippen LogP contribution is 2.37. The Balaban J connectivity index is 0.00000645. The average Bonchev–Trinajstić information content (AvgIpc) is 2.86. The number of likely N-dealkylation sites (tertiary alicyclic amines) is 1. The zero-order valence-electron chi connectivity index (χ0n) is 23.7. The van der Waals surface area contributed by atoms with Crippen LogP contribution in [0.1, 0.15) is 60.7 Å². The first-order valence-corrected chi connectivity index (χ1v) is 13.2. The molecule has 43 heavy (non-hydrogen) atoms. The number of benzene rings is 2. The summed E-state index contributed by atoms with van der Waals surface area (Å²) in [5, 5.41) is 9.49. The summed E-state index contributed by atoms with van der Waals surface area (Å²) in [4.78, 5) is 40.4. The van der Waals surface area contributed by atoms with Gasteiger partial charge in [0.2, 0.25) is 0 Å². The van der Waals surface area contributed by atoms with Crippen LogP contribution >= 0.6 is 12.4 Å². The van der Waals surface area contributed by atoms with Crippen LogP contribution in [0.4, 0.5) is 26.3 Å². The molecule has 0 radical (unpaired) electrons. The molecule has 1 saturated heterocycles. The van der Waals surface area contributed by atoms with Crippen molar-refractivity contribution < 1.29 is 50.6 Å². The minimum absolute atomic E-state index is 0. The van der Waals surface area contributed by atoms with Gasteiger partial charge in [0.1, 0.15) is 5.60 Å². The summed E-state index contributed by atoms with van der Waals surface area (Å²) in [7, 11) is 0. The molecule has 7 nitrogen and oxygen atoms in total. The van der Waals surface area contributed by atoms with Crippen molar-refractivity contribution in [3.63, 3.8) is 0 Å². The van der Waals surface area contributed by atoms with Crippen LogP contribution < -0.4 is 0 Å². The van der Waals surface area contributed by atoms with E-state index in [9.17, 15) is 45.8 Å². The fourth-order valence-electron chi connectivity index (χ4n) is 4.98. The molecule has 2 atom stereocenters. The van der Waals surface area contributed by atoms with E-state index in [2.05, 4.69) is 0 Å². The van der Waals surface area contributed by atoms with Gasteiger partial charge < -0.3 is 14.7 Å². The van der Waals surface area contributed by atoms with E-state index in [-0.39, 0.29) is 50.8 Å². The second kappa shape index (κ2) is 14.0. The van der Waals surface area contributed by atoms with Crippen LogP contribution in [-0.2, 0) is 33.1 Å². The largest absolute Gasteiger partial charge is 0.480 e. The third-order valence-electron chi connectivity index (χ3n) is 6.70. The molecular weight excluding hydrogens is 606 g/mol. The predicted molar refractivity (Wildman–Crippen MR) is 147 cm³/mol. The lowest BCUT2D eigenvalue weighted by Gasteiger charge is -2.43. The summed E-state index contributed by atoms with van der Waals surface area (Å²) in [5.74, 6) is -2.88. The second-order valence-corrected chi connectivity index (χ2v) is 11.2. The first-order valence-electron chi connectivity index (χ1n) is 13.2. The highest BCUT2D eigenvalue weighted by atomic mass is 35.5. The molecule has 1 heterocycles. The van der Waals surface area contributed by atoms with Crippen LogP contribution in [0, 0.1) is 0 Å².